The van der Waals surface area contributed by atoms with Crippen molar-refractivity contribution in [3.8, 4) is 0 Å². The molecule has 2 rings (SSSR count). The van der Waals surface area contributed by atoms with E-state index in [-0.39, 0.29) is 19.6 Å². The Bertz CT molecular complexity index is 579. The van der Waals surface area contributed by atoms with E-state index in [1.165, 1.54) is 0 Å². The lowest BCUT2D eigenvalue weighted by atomic mass is 10.1. The number of hydrogen-bond acceptors (Lipinski definition) is 4. The topological polar surface area (TPSA) is 110 Å². The van der Waals surface area contributed by atoms with Crippen LogP contribution in [0.1, 0.15) is 18.5 Å². The van der Waals surface area contributed by atoms with Gasteiger partial charge in [0.25, 0.3) is 0 Å². The minimum Gasteiger partial charge on any atom is -0.624 e. The van der Waals surface area contributed by atoms with Crippen molar-refractivity contribution in [2.75, 3.05) is 13.2 Å². The van der Waals surface area contributed by atoms with E-state index in [4.69, 9.17) is 0 Å². The molecular formula is C14H17N3O5. The Morgan fingerprint density at radius 1 is 1.45 bits per heavy atom. The number of benzene rings is 1. The maximum Gasteiger partial charge on any atom is 0.330 e. The van der Waals surface area contributed by atoms with E-state index in [1.807, 2.05) is 0 Å². The smallest absolute Gasteiger partial charge is 0.330 e. The number of carboxylic acid groups (broad SMARTS) is 1. The minimum atomic E-state index is -1.21. The molecule has 1 heterocycles. The van der Waals surface area contributed by atoms with Crippen LogP contribution in [-0.4, -0.2) is 52.3 Å². The fourth-order valence-corrected chi connectivity index (χ4v) is 2.35. The average molecular weight is 307 g/mol. The summed E-state index contributed by atoms with van der Waals surface area (Å²) in [6.45, 7) is 1.34. The summed E-state index contributed by atoms with van der Waals surface area (Å²) in [4.78, 5) is 35.5. The number of carbonyl (C=O) groups excluding carboxylic acids is 2. The van der Waals surface area contributed by atoms with Crippen LogP contribution in [0.4, 0.5) is 4.79 Å². The SMILES string of the molecule is CC1CN(C(=O)NC(C(=O)O)c2ccccc2)C[N+]1([O-])C=O. The Kier molecular flexibility index (Phi) is 4.43. The Morgan fingerprint density at radius 2 is 2.09 bits per heavy atom. The zero-order valence-electron chi connectivity index (χ0n) is 12.0. The molecule has 0 spiro atoms. The third-order valence-electron chi connectivity index (χ3n) is 3.74. The Morgan fingerprint density at radius 3 is 2.59 bits per heavy atom. The number of hydroxylamine groups is 3. The molecular weight excluding hydrogens is 290 g/mol. The average Bonchev–Trinajstić information content (AvgIpc) is 2.81. The molecule has 2 N–H and O–H groups in total. The van der Waals surface area contributed by atoms with Gasteiger partial charge in [-0.05, 0) is 12.5 Å². The quantitative estimate of drug-likeness (QED) is 0.482. The maximum absolute atomic E-state index is 12.2. The molecule has 1 aliphatic heterocycles. The largest absolute Gasteiger partial charge is 0.624 e. The normalized spacial score (nSPS) is 25.5. The van der Waals surface area contributed by atoms with Crippen LogP contribution in [0, 0.1) is 5.21 Å². The molecule has 3 atom stereocenters. The number of amides is 3. The summed E-state index contributed by atoms with van der Waals surface area (Å²) < 4.78 is -1.14. The third-order valence-corrected chi connectivity index (χ3v) is 3.74. The minimum absolute atomic E-state index is 0.0925. The number of quaternary nitrogens is 1. The van der Waals surface area contributed by atoms with Gasteiger partial charge in [0.2, 0.25) is 0 Å². The van der Waals surface area contributed by atoms with Gasteiger partial charge in [-0.25, -0.2) is 14.4 Å². The molecule has 0 aliphatic carbocycles. The van der Waals surface area contributed by atoms with Gasteiger partial charge in [0.05, 0.1) is 6.54 Å². The van der Waals surface area contributed by atoms with E-state index in [0.29, 0.717) is 5.56 Å². The second-order valence-electron chi connectivity index (χ2n) is 5.30. The zero-order valence-corrected chi connectivity index (χ0v) is 12.0. The number of carbonyl (C=O) groups is 3. The summed E-state index contributed by atoms with van der Waals surface area (Å²) in [7, 11) is 0. The fraction of sp³-hybridized carbons (Fsp3) is 0.357. The lowest BCUT2D eigenvalue weighted by molar-refractivity contribution is -0.808. The first-order valence-electron chi connectivity index (χ1n) is 6.75. The van der Waals surface area contributed by atoms with Gasteiger partial charge in [0, 0.05) is 0 Å². The van der Waals surface area contributed by atoms with Gasteiger partial charge >= 0.3 is 18.4 Å². The van der Waals surface area contributed by atoms with E-state index >= 15 is 0 Å². The molecule has 0 bridgehead atoms. The molecule has 3 amide bonds. The maximum atomic E-state index is 12.2. The number of urea groups is 1. The van der Waals surface area contributed by atoms with Gasteiger partial charge in [0.15, 0.2) is 12.7 Å². The van der Waals surface area contributed by atoms with Crippen LogP contribution in [0.15, 0.2) is 30.3 Å². The van der Waals surface area contributed by atoms with Crippen molar-refractivity contribution in [2.45, 2.75) is 19.0 Å². The van der Waals surface area contributed by atoms with E-state index in [2.05, 4.69) is 5.32 Å². The first-order valence-corrected chi connectivity index (χ1v) is 6.75. The van der Waals surface area contributed by atoms with Gasteiger partial charge in [-0.2, -0.15) is 0 Å². The first-order chi connectivity index (χ1) is 10.4. The van der Waals surface area contributed by atoms with Gasteiger partial charge in [0.1, 0.15) is 6.04 Å². The van der Waals surface area contributed by atoms with E-state index in [0.717, 1.165) is 4.90 Å². The van der Waals surface area contributed by atoms with Crippen molar-refractivity contribution in [1.29, 1.82) is 0 Å². The molecule has 8 nitrogen and oxygen atoms in total. The summed E-state index contributed by atoms with van der Waals surface area (Å²) in [6, 6.07) is 5.77. The molecule has 22 heavy (non-hydrogen) atoms. The van der Waals surface area contributed by atoms with Gasteiger partial charge < -0.3 is 15.6 Å². The lowest BCUT2D eigenvalue weighted by Crippen LogP contribution is -2.47. The number of nitrogens with zero attached hydrogens (tertiary/aromatic N) is 2. The highest BCUT2D eigenvalue weighted by molar-refractivity contribution is 5.83. The van der Waals surface area contributed by atoms with E-state index in [9.17, 15) is 24.7 Å². The molecule has 1 fully saturated rings. The second kappa shape index (κ2) is 6.12. The molecule has 0 aromatic heterocycles. The first kappa shape index (κ1) is 15.9. The second-order valence-corrected chi connectivity index (χ2v) is 5.30. The van der Waals surface area contributed by atoms with Crippen molar-refractivity contribution < 1.29 is 24.1 Å². The molecule has 118 valence electrons. The number of rotatable bonds is 4. The van der Waals surface area contributed by atoms with Crippen LogP contribution < -0.4 is 5.32 Å². The summed E-state index contributed by atoms with van der Waals surface area (Å²) in [5.74, 6) is -1.20. The van der Waals surface area contributed by atoms with Crippen LogP contribution in [-0.2, 0) is 9.59 Å². The molecule has 1 aromatic rings. The van der Waals surface area contributed by atoms with E-state index in [1.54, 1.807) is 37.3 Å². The third kappa shape index (κ3) is 3.07. The van der Waals surface area contributed by atoms with Crippen LogP contribution in [0.25, 0.3) is 0 Å². The predicted molar refractivity (Wildman–Crippen MR) is 76.1 cm³/mol. The van der Waals surface area contributed by atoms with Crippen molar-refractivity contribution in [2.24, 2.45) is 0 Å². The summed E-state index contributed by atoms with van der Waals surface area (Å²) in [5, 5.41) is 23.7. The molecule has 8 heteroatoms. The monoisotopic (exact) mass is 307 g/mol. The summed E-state index contributed by atoms with van der Waals surface area (Å²) >= 11 is 0. The highest BCUT2D eigenvalue weighted by Gasteiger charge is 2.40. The van der Waals surface area contributed by atoms with Crippen molar-refractivity contribution in [3.63, 3.8) is 0 Å². The predicted octanol–water partition coefficient (Wildman–Crippen LogP) is 0.655. The lowest BCUT2D eigenvalue weighted by Gasteiger charge is -2.34. The number of aliphatic carboxylic acids is 1. The zero-order chi connectivity index (χ0) is 16.3. The summed E-state index contributed by atoms with van der Waals surface area (Å²) in [6.07, 6.45) is 0.254. The van der Waals surface area contributed by atoms with E-state index < -0.39 is 28.7 Å². The van der Waals surface area contributed by atoms with Crippen molar-refractivity contribution >= 4 is 18.4 Å². The molecule has 0 saturated carbocycles. The number of nitrogens with one attached hydrogen (secondary N) is 1. The number of carboxylic acids is 1. The van der Waals surface area contributed by atoms with Crippen LogP contribution >= 0.6 is 0 Å². The molecule has 0 radical (unpaired) electrons. The Hall–Kier alpha value is -2.45. The van der Waals surface area contributed by atoms with Crippen molar-refractivity contribution in [1.82, 2.24) is 10.2 Å². The van der Waals surface area contributed by atoms with Crippen LogP contribution in [0.2, 0.25) is 0 Å². The van der Waals surface area contributed by atoms with Crippen LogP contribution in [0.5, 0.6) is 0 Å². The standard InChI is InChI=1S/C14H17N3O5/c1-10-7-16(8-17(10,22)9-18)14(21)15-12(13(19)20)11-5-3-2-4-6-11/h2-6,9-10,12H,7-8H2,1H3,(H,15,21)(H,19,20). The van der Waals surface area contributed by atoms with Crippen molar-refractivity contribution in [3.05, 3.63) is 41.1 Å². The Labute approximate surface area is 127 Å². The molecule has 1 saturated heterocycles. The van der Waals surface area contributed by atoms with Gasteiger partial charge in [-0.15, -0.1) is 0 Å². The molecule has 1 aliphatic rings. The van der Waals surface area contributed by atoms with Crippen LogP contribution in [0.3, 0.4) is 0 Å². The Balaban J connectivity index is 2.10. The number of hydrogen-bond donors (Lipinski definition) is 2. The molecule has 1 aromatic carbocycles. The highest BCUT2D eigenvalue weighted by Crippen LogP contribution is 2.21. The fourth-order valence-electron chi connectivity index (χ4n) is 2.35. The van der Waals surface area contributed by atoms with Gasteiger partial charge in [-0.1, -0.05) is 30.3 Å². The highest BCUT2D eigenvalue weighted by atomic mass is 16.6. The molecule has 3 unspecified atom stereocenters. The van der Waals surface area contributed by atoms with Gasteiger partial charge in [-0.3, -0.25) is 9.55 Å². The summed E-state index contributed by atoms with van der Waals surface area (Å²) in [5.41, 5.74) is 0.425.